The second kappa shape index (κ2) is 6.45. The summed E-state index contributed by atoms with van der Waals surface area (Å²) in [7, 11) is 0. The van der Waals surface area contributed by atoms with Gasteiger partial charge in [-0.2, -0.15) is 0 Å². The Bertz CT molecular complexity index is 425. The molecule has 1 atom stereocenters. The van der Waals surface area contributed by atoms with Crippen molar-refractivity contribution in [3.05, 3.63) is 54.4 Å². The van der Waals surface area contributed by atoms with E-state index in [2.05, 4.69) is 16.7 Å². The van der Waals surface area contributed by atoms with Gasteiger partial charge in [-0.25, -0.2) is 0 Å². The van der Waals surface area contributed by atoms with Crippen LogP contribution in [0.3, 0.4) is 0 Å². The number of halogens is 1. The molecule has 2 aromatic rings. The van der Waals surface area contributed by atoms with Crippen molar-refractivity contribution in [3.63, 3.8) is 0 Å². The smallest absolute Gasteiger partial charge is 0.0585 e. The van der Waals surface area contributed by atoms with E-state index >= 15 is 0 Å². The van der Waals surface area contributed by atoms with E-state index in [-0.39, 0.29) is 25.1 Å². The highest BCUT2D eigenvalue weighted by molar-refractivity contribution is 5.85. The Kier molecular flexibility index (Phi) is 5.22. The molecule has 3 nitrogen and oxygen atoms in total. The first kappa shape index (κ1) is 13.8. The minimum absolute atomic E-state index is 0. The molecule has 0 spiro atoms. The fraction of sp³-hybridized carbons (Fsp3) is 0.231. The number of nitrogens with two attached hydrogens (primary N) is 1. The topological polar surface area (TPSA) is 51.2 Å². The fourth-order valence-corrected chi connectivity index (χ4v) is 1.68. The molecular weight excluding hydrogens is 236 g/mol. The molecule has 0 bridgehead atoms. The lowest BCUT2D eigenvalue weighted by atomic mass is 10.1. The standard InChI is InChI=1S/C13H16N2O.ClH/c14-12(10-16)9-11-3-5-13(6-4-11)15-7-1-2-8-15;/h1-8,12,16H,9-10,14H2;1H. The third kappa shape index (κ3) is 3.60. The van der Waals surface area contributed by atoms with Crippen LogP contribution < -0.4 is 5.73 Å². The first-order valence-electron chi connectivity index (χ1n) is 5.38. The highest BCUT2D eigenvalue weighted by Crippen LogP contribution is 2.10. The number of hydrogen-bond donors (Lipinski definition) is 2. The van der Waals surface area contributed by atoms with Gasteiger partial charge in [0.05, 0.1) is 6.61 Å². The third-order valence-corrected chi connectivity index (χ3v) is 2.57. The summed E-state index contributed by atoms with van der Waals surface area (Å²) in [5.74, 6) is 0. The summed E-state index contributed by atoms with van der Waals surface area (Å²) in [5.41, 5.74) is 7.96. The molecule has 3 N–H and O–H groups in total. The number of aromatic nitrogens is 1. The van der Waals surface area contributed by atoms with Crippen LogP contribution in [0.15, 0.2) is 48.8 Å². The second-order valence-corrected chi connectivity index (χ2v) is 3.90. The normalized spacial score (nSPS) is 11.9. The molecule has 2 rings (SSSR count). The summed E-state index contributed by atoms with van der Waals surface area (Å²) in [5, 5.41) is 8.87. The van der Waals surface area contributed by atoms with E-state index < -0.39 is 0 Å². The number of aliphatic hydroxyl groups is 1. The minimum atomic E-state index is -0.169. The Hall–Kier alpha value is -1.29. The molecule has 0 saturated heterocycles. The molecular formula is C13H17ClN2O. The van der Waals surface area contributed by atoms with E-state index in [4.69, 9.17) is 10.8 Å². The molecule has 0 amide bonds. The molecule has 0 aliphatic heterocycles. The monoisotopic (exact) mass is 252 g/mol. The number of aliphatic hydroxyl groups excluding tert-OH is 1. The zero-order valence-electron chi connectivity index (χ0n) is 9.49. The van der Waals surface area contributed by atoms with E-state index in [1.807, 2.05) is 36.7 Å². The van der Waals surface area contributed by atoms with Crippen LogP contribution in [-0.2, 0) is 6.42 Å². The SMILES string of the molecule is Cl.NC(CO)Cc1ccc(-n2cccc2)cc1. The van der Waals surface area contributed by atoms with Crippen molar-refractivity contribution in [2.24, 2.45) is 5.73 Å². The Morgan fingerprint density at radius 2 is 1.71 bits per heavy atom. The van der Waals surface area contributed by atoms with Crippen LogP contribution in [0.1, 0.15) is 5.56 Å². The van der Waals surface area contributed by atoms with Crippen LogP contribution in [0, 0.1) is 0 Å². The quantitative estimate of drug-likeness (QED) is 0.871. The number of nitrogens with zero attached hydrogens (tertiary/aromatic N) is 1. The molecule has 1 heterocycles. The average Bonchev–Trinajstić information content (AvgIpc) is 2.83. The van der Waals surface area contributed by atoms with E-state index in [0.29, 0.717) is 6.42 Å². The van der Waals surface area contributed by atoms with Gasteiger partial charge in [-0.3, -0.25) is 0 Å². The summed E-state index contributed by atoms with van der Waals surface area (Å²) >= 11 is 0. The predicted molar refractivity (Wildman–Crippen MR) is 71.8 cm³/mol. The molecule has 1 aromatic carbocycles. The van der Waals surface area contributed by atoms with E-state index in [9.17, 15) is 0 Å². The summed E-state index contributed by atoms with van der Waals surface area (Å²) < 4.78 is 2.05. The Labute approximate surface area is 107 Å². The van der Waals surface area contributed by atoms with E-state index in [1.54, 1.807) is 0 Å². The van der Waals surface area contributed by atoms with Gasteiger partial charge in [0.15, 0.2) is 0 Å². The van der Waals surface area contributed by atoms with Crippen molar-refractivity contribution in [3.8, 4) is 5.69 Å². The maximum atomic E-state index is 8.87. The first-order chi connectivity index (χ1) is 7.79. The maximum absolute atomic E-state index is 8.87. The lowest BCUT2D eigenvalue weighted by molar-refractivity contribution is 0.265. The van der Waals surface area contributed by atoms with Crippen molar-refractivity contribution < 1.29 is 5.11 Å². The van der Waals surface area contributed by atoms with Gasteiger partial charge in [0.1, 0.15) is 0 Å². The molecule has 0 radical (unpaired) electrons. The molecule has 4 heteroatoms. The second-order valence-electron chi connectivity index (χ2n) is 3.90. The van der Waals surface area contributed by atoms with Crippen molar-refractivity contribution in [1.82, 2.24) is 4.57 Å². The zero-order chi connectivity index (χ0) is 11.4. The fourth-order valence-electron chi connectivity index (χ4n) is 1.68. The Morgan fingerprint density at radius 1 is 1.12 bits per heavy atom. The highest BCUT2D eigenvalue weighted by Gasteiger charge is 2.02. The van der Waals surface area contributed by atoms with Gasteiger partial charge >= 0.3 is 0 Å². The van der Waals surface area contributed by atoms with Gasteiger partial charge < -0.3 is 15.4 Å². The van der Waals surface area contributed by atoms with Gasteiger partial charge in [-0.05, 0) is 36.2 Å². The van der Waals surface area contributed by atoms with Crippen LogP contribution in [-0.4, -0.2) is 22.3 Å². The molecule has 0 aliphatic carbocycles. The minimum Gasteiger partial charge on any atom is -0.395 e. The summed E-state index contributed by atoms with van der Waals surface area (Å²) in [6.45, 7) is 0.0271. The summed E-state index contributed by atoms with van der Waals surface area (Å²) in [6.07, 6.45) is 4.73. The third-order valence-electron chi connectivity index (χ3n) is 2.57. The van der Waals surface area contributed by atoms with Crippen LogP contribution in [0.25, 0.3) is 5.69 Å². The molecule has 1 aromatic heterocycles. The van der Waals surface area contributed by atoms with Gasteiger partial charge in [-0.1, -0.05) is 12.1 Å². The molecule has 0 saturated carbocycles. The lowest BCUT2D eigenvalue weighted by Crippen LogP contribution is -2.26. The average molecular weight is 253 g/mol. The van der Waals surface area contributed by atoms with Gasteiger partial charge in [0.25, 0.3) is 0 Å². The number of hydrogen-bond acceptors (Lipinski definition) is 2. The van der Waals surface area contributed by atoms with Gasteiger partial charge in [0, 0.05) is 24.1 Å². The van der Waals surface area contributed by atoms with Crippen LogP contribution in [0.2, 0.25) is 0 Å². The summed E-state index contributed by atoms with van der Waals surface area (Å²) in [6, 6.07) is 12.0. The molecule has 92 valence electrons. The highest BCUT2D eigenvalue weighted by atomic mass is 35.5. The maximum Gasteiger partial charge on any atom is 0.0585 e. The number of rotatable bonds is 4. The predicted octanol–water partition coefficient (Wildman–Crippen LogP) is 1.76. The lowest BCUT2D eigenvalue weighted by Gasteiger charge is -2.09. The molecule has 0 fully saturated rings. The van der Waals surface area contributed by atoms with Gasteiger partial charge in [-0.15, -0.1) is 12.4 Å². The molecule has 17 heavy (non-hydrogen) atoms. The van der Waals surface area contributed by atoms with E-state index in [1.165, 1.54) is 0 Å². The molecule has 1 unspecified atom stereocenters. The van der Waals surface area contributed by atoms with E-state index in [0.717, 1.165) is 11.3 Å². The van der Waals surface area contributed by atoms with Crippen molar-refractivity contribution in [1.29, 1.82) is 0 Å². The van der Waals surface area contributed by atoms with Crippen LogP contribution in [0.4, 0.5) is 0 Å². The van der Waals surface area contributed by atoms with Crippen molar-refractivity contribution in [2.45, 2.75) is 12.5 Å². The van der Waals surface area contributed by atoms with Crippen molar-refractivity contribution >= 4 is 12.4 Å². The van der Waals surface area contributed by atoms with Gasteiger partial charge in [0.2, 0.25) is 0 Å². The first-order valence-corrected chi connectivity index (χ1v) is 5.38. The molecule has 0 aliphatic rings. The van der Waals surface area contributed by atoms with Crippen LogP contribution in [0.5, 0.6) is 0 Å². The van der Waals surface area contributed by atoms with Crippen LogP contribution >= 0.6 is 12.4 Å². The summed E-state index contributed by atoms with van der Waals surface area (Å²) in [4.78, 5) is 0. The largest absolute Gasteiger partial charge is 0.395 e. The van der Waals surface area contributed by atoms with Crippen molar-refractivity contribution in [2.75, 3.05) is 6.61 Å². The Balaban J connectivity index is 0.00000144. The zero-order valence-corrected chi connectivity index (χ0v) is 10.3. The number of benzene rings is 1. The Morgan fingerprint density at radius 3 is 2.24 bits per heavy atom.